The van der Waals surface area contributed by atoms with Crippen LogP contribution in [-0.2, 0) is 9.47 Å². The van der Waals surface area contributed by atoms with Crippen molar-refractivity contribution in [1.29, 1.82) is 0 Å². The van der Waals surface area contributed by atoms with Crippen LogP contribution >= 0.6 is 0 Å². The van der Waals surface area contributed by atoms with Crippen molar-refractivity contribution in [1.82, 2.24) is 4.90 Å². The van der Waals surface area contributed by atoms with Crippen molar-refractivity contribution in [2.45, 2.75) is 57.7 Å². The van der Waals surface area contributed by atoms with E-state index < -0.39 is 5.60 Å². The minimum Gasteiger partial charge on any atom is -0.444 e. The SMILES string of the molecule is COC1(CCN)CCCCN(C(=O)OC(C)(C)C)C1. The predicted molar refractivity (Wildman–Crippen MR) is 75.1 cm³/mol. The third kappa shape index (κ3) is 4.99. The van der Waals surface area contributed by atoms with Crippen molar-refractivity contribution in [2.75, 3.05) is 26.7 Å². The Morgan fingerprint density at radius 2 is 2.05 bits per heavy atom. The molecule has 1 saturated heterocycles. The molecule has 1 fully saturated rings. The van der Waals surface area contributed by atoms with Crippen molar-refractivity contribution >= 4 is 6.09 Å². The molecule has 5 heteroatoms. The zero-order valence-corrected chi connectivity index (χ0v) is 12.7. The van der Waals surface area contributed by atoms with E-state index in [4.69, 9.17) is 15.2 Å². The number of likely N-dealkylation sites (tertiary alicyclic amines) is 1. The first-order chi connectivity index (χ1) is 8.82. The number of ether oxygens (including phenoxy) is 2. The molecular weight excluding hydrogens is 244 g/mol. The number of methoxy groups -OCH3 is 1. The first-order valence-corrected chi connectivity index (χ1v) is 7.05. The lowest BCUT2D eigenvalue weighted by molar-refractivity contribution is -0.0456. The van der Waals surface area contributed by atoms with Crippen LogP contribution in [0.5, 0.6) is 0 Å². The summed E-state index contributed by atoms with van der Waals surface area (Å²) in [7, 11) is 1.70. The zero-order chi connectivity index (χ0) is 14.5. The van der Waals surface area contributed by atoms with Gasteiger partial charge in [-0.25, -0.2) is 4.79 Å². The van der Waals surface area contributed by atoms with Crippen LogP contribution in [-0.4, -0.2) is 48.9 Å². The summed E-state index contributed by atoms with van der Waals surface area (Å²) in [5.41, 5.74) is 4.90. The van der Waals surface area contributed by atoms with Crippen LogP contribution in [0.15, 0.2) is 0 Å². The fraction of sp³-hybridized carbons (Fsp3) is 0.929. The van der Waals surface area contributed by atoms with Gasteiger partial charge in [-0.05, 0) is 53.0 Å². The Balaban J connectivity index is 2.75. The van der Waals surface area contributed by atoms with Crippen LogP contribution in [0.3, 0.4) is 0 Å². The summed E-state index contributed by atoms with van der Waals surface area (Å²) in [5.74, 6) is 0. The van der Waals surface area contributed by atoms with Gasteiger partial charge >= 0.3 is 6.09 Å². The molecule has 5 nitrogen and oxygen atoms in total. The second-order valence-corrected chi connectivity index (χ2v) is 6.28. The highest BCUT2D eigenvalue weighted by molar-refractivity contribution is 5.68. The topological polar surface area (TPSA) is 64.8 Å². The molecule has 1 heterocycles. The summed E-state index contributed by atoms with van der Waals surface area (Å²) in [5, 5.41) is 0. The Hall–Kier alpha value is -0.810. The molecule has 112 valence electrons. The van der Waals surface area contributed by atoms with E-state index in [2.05, 4.69) is 0 Å². The number of hydrogen-bond acceptors (Lipinski definition) is 4. The second kappa shape index (κ2) is 6.57. The van der Waals surface area contributed by atoms with Crippen molar-refractivity contribution in [3.63, 3.8) is 0 Å². The third-order valence-corrected chi connectivity index (χ3v) is 3.47. The minimum absolute atomic E-state index is 0.257. The van der Waals surface area contributed by atoms with Gasteiger partial charge in [0.1, 0.15) is 5.60 Å². The number of rotatable bonds is 3. The fourth-order valence-corrected chi connectivity index (χ4v) is 2.47. The Morgan fingerprint density at radius 1 is 1.37 bits per heavy atom. The molecular formula is C14H28N2O3. The van der Waals surface area contributed by atoms with Gasteiger partial charge < -0.3 is 20.1 Å². The van der Waals surface area contributed by atoms with E-state index in [0.717, 1.165) is 32.2 Å². The highest BCUT2D eigenvalue weighted by Gasteiger charge is 2.36. The number of carbonyl (C=O) groups is 1. The van der Waals surface area contributed by atoms with E-state index >= 15 is 0 Å². The zero-order valence-electron chi connectivity index (χ0n) is 12.7. The normalized spacial score (nSPS) is 25.0. The van der Waals surface area contributed by atoms with E-state index in [1.807, 2.05) is 20.8 Å². The molecule has 1 atom stereocenters. The van der Waals surface area contributed by atoms with E-state index in [-0.39, 0.29) is 11.7 Å². The van der Waals surface area contributed by atoms with Gasteiger partial charge in [0.2, 0.25) is 0 Å². The molecule has 2 N–H and O–H groups in total. The second-order valence-electron chi connectivity index (χ2n) is 6.28. The van der Waals surface area contributed by atoms with Gasteiger partial charge in [-0.1, -0.05) is 0 Å². The molecule has 0 radical (unpaired) electrons. The van der Waals surface area contributed by atoms with Gasteiger partial charge in [0, 0.05) is 13.7 Å². The van der Waals surface area contributed by atoms with Crippen LogP contribution in [0.1, 0.15) is 46.5 Å². The first-order valence-electron chi connectivity index (χ1n) is 7.05. The molecule has 1 amide bonds. The molecule has 0 aromatic carbocycles. The molecule has 0 bridgehead atoms. The molecule has 0 spiro atoms. The van der Waals surface area contributed by atoms with Gasteiger partial charge in [0.25, 0.3) is 0 Å². The summed E-state index contributed by atoms with van der Waals surface area (Å²) in [6, 6.07) is 0. The molecule has 0 saturated carbocycles. The van der Waals surface area contributed by atoms with E-state index in [1.54, 1.807) is 12.0 Å². The fourth-order valence-electron chi connectivity index (χ4n) is 2.47. The quantitative estimate of drug-likeness (QED) is 0.855. The summed E-state index contributed by atoms with van der Waals surface area (Å²) < 4.78 is 11.1. The Kier molecular flexibility index (Phi) is 5.62. The average Bonchev–Trinajstić information content (AvgIpc) is 2.51. The lowest BCUT2D eigenvalue weighted by atomic mass is 9.93. The van der Waals surface area contributed by atoms with Crippen molar-refractivity contribution in [3.05, 3.63) is 0 Å². The maximum Gasteiger partial charge on any atom is 0.410 e. The summed E-state index contributed by atoms with van der Waals surface area (Å²) in [6.07, 6.45) is 3.48. The van der Waals surface area contributed by atoms with E-state index in [1.165, 1.54) is 0 Å². The number of hydrogen-bond donors (Lipinski definition) is 1. The average molecular weight is 272 g/mol. The monoisotopic (exact) mass is 272 g/mol. The maximum absolute atomic E-state index is 12.2. The van der Waals surface area contributed by atoms with Crippen LogP contribution in [0.4, 0.5) is 4.79 Å². The molecule has 1 aliphatic heterocycles. The highest BCUT2D eigenvalue weighted by atomic mass is 16.6. The van der Waals surface area contributed by atoms with Crippen LogP contribution in [0.2, 0.25) is 0 Å². The Labute approximate surface area is 116 Å². The summed E-state index contributed by atoms with van der Waals surface area (Å²) >= 11 is 0. The number of amides is 1. The molecule has 1 aliphatic rings. The van der Waals surface area contributed by atoms with E-state index in [0.29, 0.717) is 13.1 Å². The lowest BCUT2D eigenvalue weighted by Gasteiger charge is -2.35. The molecule has 1 rings (SSSR count). The summed E-state index contributed by atoms with van der Waals surface area (Å²) in [6.45, 7) is 7.50. The molecule has 19 heavy (non-hydrogen) atoms. The van der Waals surface area contributed by atoms with Crippen molar-refractivity contribution in [2.24, 2.45) is 5.73 Å². The smallest absolute Gasteiger partial charge is 0.410 e. The first kappa shape index (κ1) is 16.2. The highest BCUT2D eigenvalue weighted by Crippen LogP contribution is 2.28. The predicted octanol–water partition coefficient (Wildman–Crippen LogP) is 2.14. The van der Waals surface area contributed by atoms with Gasteiger partial charge in [-0.3, -0.25) is 0 Å². The Bertz CT molecular complexity index is 302. The molecule has 0 aliphatic carbocycles. The van der Waals surface area contributed by atoms with E-state index in [9.17, 15) is 4.79 Å². The van der Waals surface area contributed by atoms with Crippen LogP contribution in [0, 0.1) is 0 Å². The van der Waals surface area contributed by atoms with Gasteiger partial charge in [-0.2, -0.15) is 0 Å². The number of carbonyl (C=O) groups excluding carboxylic acids is 1. The van der Waals surface area contributed by atoms with Crippen molar-refractivity contribution in [3.8, 4) is 0 Å². The number of nitrogens with two attached hydrogens (primary N) is 1. The van der Waals surface area contributed by atoms with Crippen LogP contribution < -0.4 is 5.73 Å². The molecule has 1 unspecified atom stereocenters. The minimum atomic E-state index is -0.465. The standard InChI is InChI=1S/C14H28N2O3/c1-13(2,3)19-12(17)16-10-6-5-7-14(11-16,18-4)8-9-15/h5-11,15H2,1-4H3. The largest absolute Gasteiger partial charge is 0.444 e. The molecule has 0 aromatic heterocycles. The van der Waals surface area contributed by atoms with Gasteiger partial charge in [0.05, 0.1) is 12.1 Å². The van der Waals surface area contributed by atoms with Crippen LogP contribution in [0.25, 0.3) is 0 Å². The lowest BCUT2D eigenvalue weighted by Crippen LogP contribution is -2.48. The summed E-state index contributed by atoms with van der Waals surface area (Å²) in [4.78, 5) is 14.0. The van der Waals surface area contributed by atoms with Crippen molar-refractivity contribution < 1.29 is 14.3 Å². The maximum atomic E-state index is 12.2. The third-order valence-electron chi connectivity index (χ3n) is 3.47. The number of nitrogens with zero attached hydrogens (tertiary/aromatic N) is 1. The van der Waals surface area contributed by atoms with Gasteiger partial charge in [0.15, 0.2) is 0 Å². The molecule has 0 aromatic rings. The van der Waals surface area contributed by atoms with Gasteiger partial charge in [-0.15, -0.1) is 0 Å². The Morgan fingerprint density at radius 3 is 2.58 bits per heavy atom.